The van der Waals surface area contributed by atoms with E-state index in [4.69, 9.17) is 5.14 Å². The first kappa shape index (κ1) is 17.0. The fourth-order valence-corrected chi connectivity index (χ4v) is 3.64. The number of hydrogen-bond acceptors (Lipinski definition) is 3. The van der Waals surface area contributed by atoms with Crippen LogP contribution in [0.15, 0.2) is 29.2 Å². The Morgan fingerprint density at radius 1 is 1.21 bits per heavy atom. The monoisotopic (exact) mass is 359 g/mol. The number of primary sulfonamides is 1. The molecule has 9 heteroatoms. The highest BCUT2D eigenvalue weighted by atomic mass is 32.2. The van der Waals surface area contributed by atoms with Crippen LogP contribution < -0.4 is 5.14 Å². The maximum absolute atomic E-state index is 14.1. The highest BCUT2D eigenvalue weighted by Gasteiger charge is 2.25. The van der Waals surface area contributed by atoms with E-state index in [-0.39, 0.29) is 17.3 Å². The van der Waals surface area contributed by atoms with E-state index in [0.29, 0.717) is 5.69 Å². The fourth-order valence-electron chi connectivity index (χ4n) is 3.05. The third kappa shape index (κ3) is 3.18. The zero-order valence-electron chi connectivity index (χ0n) is 12.6. The van der Waals surface area contributed by atoms with Gasteiger partial charge in [0.1, 0.15) is 16.4 Å². The number of aromatic nitrogens is 2. The van der Waals surface area contributed by atoms with E-state index in [2.05, 4.69) is 5.10 Å². The number of nitrogens with zero attached hydrogens (tertiary/aromatic N) is 2. The van der Waals surface area contributed by atoms with Gasteiger partial charge in [-0.05, 0) is 31.0 Å². The maximum Gasteiger partial charge on any atom is 0.282 e. The predicted molar refractivity (Wildman–Crippen MR) is 81.5 cm³/mol. The van der Waals surface area contributed by atoms with Crippen LogP contribution in [-0.2, 0) is 10.0 Å². The lowest BCUT2D eigenvalue weighted by Gasteiger charge is -2.14. The average Bonchev–Trinajstić information content (AvgIpc) is 3.15. The van der Waals surface area contributed by atoms with Crippen LogP contribution in [0.3, 0.4) is 0 Å². The fraction of sp³-hybridized carbons (Fsp3) is 0.400. The number of alkyl halides is 2. The van der Waals surface area contributed by atoms with Gasteiger partial charge >= 0.3 is 0 Å². The van der Waals surface area contributed by atoms with Crippen molar-refractivity contribution in [3.05, 3.63) is 35.8 Å². The van der Waals surface area contributed by atoms with Crippen molar-refractivity contribution in [1.82, 2.24) is 9.78 Å². The lowest BCUT2D eigenvalue weighted by molar-refractivity contribution is 0.144. The van der Waals surface area contributed by atoms with Gasteiger partial charge in [0.15, 0.2) is 0 Å². The van der Waals surface area contributed by atoms with Crippen molar-refractivity contribution in [3.8, 4) is 11.3 Å². The Bertz CT molecular complexity index is 859. The van der Waals surface area contributed by atoms with Gasteiger partial charge in [0.05, 0.1) is 11.7 Å². The van der Waals surface area contributed by atoms with E-state index < -0.39 is 27.2 Å². The van der Waals surface area contributed by atoms with Crippen LogP contribution in [0.2, 0.25) is 0 Å². The summed E-state index contributed by atoms with van der Waals surface area (Å²) >= 11 is 0. The van der Waals surface area contributed by atoms with Gasteiger partial charge in [-0.2, -0.15) is 5.10 Å². The molecule has 130 valence electrons. The molecule has 24 heavy (non-hydrogen) atoms. The second-order valence-corrected chi connectivity index (χ2v) is 7.36. The summed E-state index contributed by atoms with van der Waals surface area (Å²) in [6.45, 7) is 0. The minimum absolute atomic E-state index is 0.0199. The van der Waals surface area contributed by atoms with Crippen molar-refractivity contribution >= 4 is 10.0 Å². The largest absolute Gasteiger partial charge is 0.282 e. The van der Waals surface area contributed by atoms with Crippen molar-refractivity contribution in [2.75, 3.05) is 0 Å². The molecule has 1 aromatic carbocycles. The molecule has 1 heterocycles. The van der Waals surface area contributed by atoms with Gasteiger partial charge < -0.3 is 0 Å². The molecular weight excluding hydrogens is 343 g/mol. The average molecular weight is 359 g/mol. The quantitative estimate of drug-likeness (QED) is 0.909. The second kappa shape index (κ2) is 6.21. The number of halogens is 3. The molecule has 2 N–H and O–H groups in total. The van der Waals surface area contributed by atoms with Gasteiger partial charge in [-0.15, -0.1) is 0 Å². The maximum atomic E-state index is 14.1. The topological polar surface area (TPSA) is 78.0 Å². The van der Waals surface area contributed by atoms with Crippen molar-refractivity contribution < 1.29 is 21.6 Å². The predicted octanol–water partition coefficient (Wildman–Crippen LogP) is 3.39. The third-order valence-corrected chi connectivity index (χ3v) is 5.13. The molecule has 3 rings (SSSR count). The van der Waals surface area contributed by atoms with Crippen LogP contribution in [-0.4, -0.2) is 18.2 Å². The zero-order valence-corrected chi connectivity index (χ0v) is 13.4. The minimum Gasteiger partial charge on any atom is -0.261 e. The minimum atomic E-state index is -4.18. The molecule has 0 unspecified atom stereocenters. The van der Waals surface area contributed by atoms with Gasteiger partial charge in [0.2, 0.25) is 10.0 Å². The lowest BCUT2D eigenvalue weighted by atomic mass is 10.1. The van der Waals surface area contributed by atoms with Gasteiger partial charge in [-0.1, -0.05) is 18.9 Å². The summed E-state index contributed by atoms with van der Waals surface area (Å²) in [5.74, 6) is -1.02. The van der Waals surface area contributed by atoms with Crippen LogP contribution in [0.1, 0.15) is 43.8 Å². The van der Waals surface area contributed by atoms with Gasteiger partial charge in [-0.3, -0.25) is 4.68 Å². The molecule has 0 atom stereocenters. The Morgan fingerprint density at radius 3 is 2.42 bits per heavy atom. The first-order valence-electron chi connectivity index (χ1n) is 7.47. The molecule has 0 aliphatic heterocycles. The summed E-state index contributed by atoms with van der Waals surface area (Å²) in [6, 6.07) is 4.56. The van der Waals surface area contributed by atoms with Crippen LogP contribution in [0.5, 0.6) is 0 Å². The molecular formula is C15H16F3N3O2S. The van der Waals surface area contributed by atoms with Crippen molar-refractivity contribution in [1.29, 1.82) is 0 Å². The number of sulfonamides is 1. The molecule has 0 bridgehead atoms. The first-order chi connectivity index (χ1) is 11.3. The SMILES string of the molecule is NS(=O)(=O)c1ccc(-c2cc(C(F)F)nn2C2CCCC2)cc1F. The summed E-state index contributed by atoms with van der Waals surface area (Å²) in [7, 11) is -4.18. The molecule has 1 aliphatic rings. The number of benzene rings is 1. The zero-order chi connectivity index (χ0) is 17.5. The van der Waals surface area contributed by atoms with Gasteiger partial charge in [0, 0.05) is 5.56 Å². The number of hydrogen-bond donors (Lipinski definition) is 1. The summed E-state index contributed by atoms with van der Waals surface area (Å²) in [4.78, 5) is -0.632. The van der Waals surface area contributed by atoms with Crippen LogP contribution in [0, 0.1) is 5.82 Å². The van der Waals surface area contributed by atoms with E-state index in [1.54, 1.807) is 0 Å². The highest BCUT2D eigenvalue weighted by Crippen LogP contribution is 2.35. The molecule has 5 nitrogen and oxygen atoms in total. The van der Waals surface area contributed by atoms with E-state index in [0.717, 1.165) is 37.8 Å². The standard InChI is InChI=1S/C15H16F3N3O2S/c16-11-7-9(5-6-14(11)24(19,22)23)13-8-12(15(17)18)20-21(13)10-3-1-2-4-10/h5-8,10,15H,1-4H2,(H2,19,22,23). The van der Waals surface area contributed by atoms with E-state index in [1.807, 2.05) is 0 Å². The Balaban J connectivity index is 2.09. The molecule has 0 spiro atoms. The van der Waals surface area contributed by atoms with Crippen molar-refractivity contribution in [3.63, 3.8) is 0 Å². The molecule has 0 saturated heterocycles. The normalized spacial score (nSPS) is 16.2. The molecule has 0 amide bonds. The molecule has 1 saturated carbocycles. The van der Waals surface area contributed by atoms with Crippen LogP contribution in [0.4, 0.5) is 13.2 Å². The van der Waals surface area contributed by atoms with E-state index in [9.17, 15) is 21.6 Å². The van der Waals surface area contributed by atoms with Gasteiger partial charge in [-0.25, -0.2) is 26.7 Å². The van der Waals surface area contributed by atoms with Crippen molar-refractivity contribution in [2.45, 2.75) is 43.0 Å². The summed E-state index contributed by atoms with van der Waals surface area (Å²) in [5, 5.41) is 8.91. The Hall–Kier alpha value is -1.87. The van der Waals surface area contributed by atoms with E-state index >= 15 is 0 Å². The molecule has 0 radical (unpaired) electrons. The van der Waals surface area contributed by atoms with E-state index in [1.165, 1.54) is 16.8 Å². The Morgan fingerprint density at radius 2 is 1.88 bits per heavy atom. The number of nitrogens with two attached hydrogens (primary N) is 1. The smallest absolute Gasteiger partial charge is 0.261 e. The molecule has 2 aromatic rings. The summed E-state index contributed by atoms with van der Waals surface area (Å²) in [5.41, 5.74) is 0.246. The molecule has 1 aromatic heterocycles. The van der Waals surface area contributed by atoms with Crippen LogP contribution in [0.25, 0.3) is 11.3 Å². The summed E-state index contributed by atoms with van der Waals surface area (Å²) < 4.78 is 64.2. The van der Waals surface area contributed by atoms with Crippen LogP contribution >= 0.6 is 0 Å². The molecule has 1 fully saturated rings. The lowest BCUT2D eigenvalue weighted by Crippen LogP contribution is -2.14. The summed E-state index contributed by atoms with van der Waals surface area (Å²) in [6.07, 6.45) is 0.851. The Labute approximate surface area is 137 Å². The first-order valence-corrected chi connectivity index (χ1v) is 9.02. The second-order valence-electron chi connectivity index (χ2n) is 5.83. The van der Waals surface area contributed by atoms with Crippen molar-refractivity contribution in [2.24, 2.45) is 5.14 Å². The van der Waals surface area contributed by atoms with Gasteiger partial charge in [0.25, 0.3) is 6.43 Å². The highest BCUT2D eigenvalue weighted by molar-refractivity contribution is 7.89. The third-order valence-electron chi connectivity index (χ3n) is 4.18. The number of rotatable bonds is 4. The Kier molecular flexibility index (Phi) is 4.39. The molecule has 1 aliphatic carbocycles.